The smallest absolute Gasteiger partial charge is 0.305 e. The van der Waals surface area contributed by atoms with E-state index in [0.717, 1.165) is 4.90 Å². The van der Waals surface area contributed by atoms with Gasteiger partial charge in [0, 0.05) is 29.3 Å². The van der Waals surface area contributed by atoms with Gasteiger partial charge in [-0.3, -0.25) is 24.5 Å². The molecule has 154 valence electrons. The average molecular weight is 431 g/mol. The van der Waals surface area contributed by atoms with Gasteiger partial charge in [0.2, 0.25) is 0 Å². The first-order valence-corrected chi connectivity index (χ1v) is 9.09. The van der Waals surface area contributed by atoms with Gasteiger partial charge in [-0.2, -0.15) is 0 Å². The summed E-state index contributed by atoms with van der Waals surface area (Å²) in [7, 11) is 0. The molecule has 2 N–H and O–H groups in total. The van der Waals surface area contributed by atoms with Crippen LogP contribution < -0.4 is 0 Å². The summed E-state index contributed by atoms with van der Waals surface area (Å²) in [6.07, 6.45) is -0.445. The van der Waals surface area contributed by atoms with Crippen LogP contribution in [0, 0.1) is 10.1 Å². The highest BCUT2D eigenvalue weighted by Crippen LogP contribution is 2.40. The Labute approximate surface area is 175 Å². The van der Waals surface area contributed by atoms with E-state index in [9.17, 15) is 29.6 Å². The van der Waals surface area contributed by atoms with Crippen LogP contribution >= 0.6 is 11.6 Å². The lowest BCUT2D eigenvalue weighted by Gasteiger charge is -2.24. The molecule has 2 aromatic carbocycles. The number of nitrogens with zero attached hydrogens (tertiary/aromatic N) is 2. The number of non-ortho nitro benzene ring substituents is 1. The zero-order chi connectivity index (χ0) is 22.0. The van der Waals surface area contributed by atoms with Crippen molar-refractivity contribution in [2.75, 3.05) is 6.54 Å². The van der Waals surface area contributed by atoms with E-state index in [-0.39, 0.29) is 28.9 Å². The number of rotatable bonds is 6. The number of carboxylic acid groups (broad SMARTS) is 1. The predicted molar refractivity (Wildman–Crippen MR) is 106 cm³/mol. The Balaban J connectivity index is 2.19. The number of carbonyl (C=O) groups excluding carboxylic acids is 2. The molecule has 0 spiro atoms. The lowest BCUT2D eigenvalue weighted by Crippen LogP contribution is -2.31. The molecule has 0 unspecified atom stereocenters. The van der Waals surface area contributed by atoms with E-state index in [1.54, 1.807) is 0 Å². The molecule has 9 nitrogen and oxygen atoms in total. The molecule has 1 atom stereocenters. The van der Waals surface area contributed by atoms with Crippen molar-refractivity contribution in [2.24, 2.45) is 0 Å². The molecule has 0 bridgehead atoms. The number of Topliss-reactive ketones (excluding diaryl/α,β-unsaturated/α-hetero) is 1. The maximum absolute atomic E-state index is 12.7. The second kappa shape index (κ2) is 8.34. The van der Waals surface area contributed by atoms with Crippen molar-refractivity contribution >= 4 is 40.7 Å². The van der Waals surface area contributed by atoms with Gasteiger partial charge < -0.3 is 15.1 Å². The third kappa shape index (κ3) is 4.01. The maximum atomic E-state index is 12.7. The number of aliphatic carboxylic acids is 1. The highest BCUT2D eigenvalue weighted by atomic mass is 35.5. The maximum Gasteiger partial charge on any atom is 0.305 e. The lowest BCUT2D eigenvalue weighted by molar-refractivity contribution is -0.384. The molecule has 0 aliphatic carbocycles. The molecule has 2 aromatic rings. The summed E-state index contributed by atoms with van der Waals surface area (Å²) in [4.78, 5) is 47.9. The minimum Gasteiger partial charge on any atom is -0.507 e. The fraction of sp³-hybridized carbons (Fsp3) is 0.150. The Morgan fingerprint density at radius 3 is 2.40 bits per heavy atom. The summed E-state index contributed by atoms with van der Waals surface area (Å²) < 4.78 is 0. The fourth-order valence-corrected chi connectivity index (χ4v) is 3.37. The number of amides is 1. The molecule has 1 saturated heterocycles. The van der Waals surface area contributed by atoms with E-state index in [4.69, 9.17) is 16.7 Å². The number of likely N-dealkylation sites (tertiary alicyclic amines) is 1. The van der Waals surface area contributed by atoms with Crippen molar-refractivity contribution in [3.63, 3.8) is 0 Å². The topological polar surface area (TPSA) is 138 Å². The Bertz CT molecular complexity index is 1080. The summed E-state index contributed by atoms with van der Waals surface area (Å²) in [6, 6.07) is 9.96. The molecule has 30 heavy (non-hydrogen) atoms. The number of ketones is 1. The van der Waals surface area contributed by atoms with Crippen LogP contribution in [0.1, 0.15) is 23.6 Å². The number of aliphatic hydroxyl groups is 1. The SMILES string of the molecule is O=C(O)CCN1C(=O)C(=O)C(=C(O)c2ccc(Cl)cc2)[C@H]1c1cccc([N+](=O)[O-])c1. The molecule has 1 aliphatic heterocycles. The van der Waals surface area contributed by atoms with Crippen LogP contribution in [0.3, 0.4) is 0 Å². The average Bonchev–Trinajstić information content (AvgIpc) is 2.97. The Hall–Kier alpha value is -3.72. The quantitative estimate of drug-likeness (QED) is 0.236. The molecule has 0 radical (unpaired) electrons. The summed E-state index contributed by atoms with van der Waals surface area (Å²) in [5, 5.41) is 31.3. The van der Waals surface area contributed by atoms with Crippen LogP contribution in [-0.4, -0.2) is 44.2 Å². The molecule has 0 saturated carbocycles. The number of nitro groups is 1. The highest BCUT2D eigenvalue weighted by molar-refractivity contribution is 6.46. The Morgan fingerprint density at radius 2 is 1.80 bits per heavy atom. The first-order chi connectivity index (χ1) is 14.2. The standard InChI is InChI=1S/C20H15ClN2O7/c21-13-6-4-11(5-7-13)18(26)16-17(12-2-1-3-14(10-12)23(29)30)22(9-8-15(24)25)20(28)19(16)27/h1-7,10,17,26H,8-9H2,(H,24,25)/t17-/m1/s1. The first kappa shape index (κ1) is 21.0. The van der Waals surface area contributed by atoms with Crippen molar-refractivity contribution in [1.82, 2.24) is 4.90 Å². The van der Waals surface area contributed by atoms with Crippen LogP contribution in [0.5, 0.6) is 0 Å². The highest BCUT2D eigenvalue weighted by Gasteiger charge is 2.46. The molecule has 0 aromatic heterocycles. The van der Waals surface area contributed by atoms with Gasteiger partial charge in [0.1, 0.15) is 5.76 Å². The van der Waals surface area contributed by atoms with Crippen molar-refractivity contribution < 1.29 is 29.5 Å². The number of hydrogen-bond acceptors (Lipinski definition) is 6. The van der Waals surface area contributed by atoms with Gasteiger partial charge in [0.05, 0.1) is 23.0 Å². The molecule has 1 fully saturated rings. The van der Waals surface area contributed by atoms with Crippen LogP contribution in [0.25, 0.3) is 5.76 Å². The number of benzene rings is 2. The van der Waals surface area contributed by atoms with Crippen molar-refractivity contribution in [3.8, 4) is 0 Å². The van der Waals surface area contributed by atoms with Gasteiger partial charge in [-0.05, 0) is 29.8 Å². The Morgan fingerprint density at radius 1 is 1.13 bits per heavy atom. The van der Waals surface area contributed by atoms with Gasteiger partial charge in [0.25, 0.3) is 17.4 Å². The molecule has 10 heteroatoms. The van der Waals surface area contributed by atoms with Crippen molar-refractivity contribution in [2.45, 2.75) is 12.5 Å². The summed E-state index contributed by atoms with van der Waals surface area (Å²) in [6.45, 7) is -0.315. The summed E-state index contributed by atoms with van der Waals surface area (Å²) in [5.41, 5.74) is -0.147. The van der Waals surface area contributed by atoms with E-state index in [1.165, 1.54) is 48.5 Å². The number of hydrogen-bond donors (Lipinski definition) is 2. The zero-order valence-electron chi connectivity index (χ0n) is 15.3. The number of carboxylic acids is 1. The third-order valence-corrected chi connectivity index (χ3v) is 4.87. The monoisotopic (exact) mass is 430 g/mol. The van der Waals surface area contributed by atoms with E-state index in [0.29, 0.717) is 5.02 Å². The molecule has 1 aliphatic rings. The lowest BCUT2D eigenvalue weighted by atomic mass is 9.95. The van der Waals surface area contributed by atoms with E-state index < -0.39 is 40.8 Å². The molecular formula is C20H15ClN2O7. The number of aliphatic hydroxyl groups excluding tert-OH is 1. The van der Waals surface area contributed by atoms with Crippen LogP contribution in [0.15, 0.2) is 54.1 Å². The number of halogens is 1. The van der Waals surface area contributed by atoms with Crippen LogP contribution in [0.2, 0.25) is 5.02 Å². The van der Waals surface area contributed by atoms with Gasteiger partial charge in [0.15, 0.2) is 0 Å². The normalized spacial score (nSPS) is 17.9. The van der Waals surface area contributed by atoms with Crippen LogP contribution in [0.4, 0.5) is 5.69 Å². The van der Waals surface area contributed by atoms with E-state index in [2.05, 4.69) is 0 Å². The minimum atomic E-state index is -1.19. The number of carbonyl (C=O) groups is 3. The second-order valence-corrected chi connectivity index (χ2v) is 6.93. The number of nitro benzene ring substituents is 1. The fourth-order valence-electron chi connectivity index (χ4n) is 3.24. The van der Waals surface area contributed by atoms with E-state index in [1.807, 2.05) is 0 Å². The Kier molecular flexibility index (Phi) is 5.84. The summed E-state index contributed by atoms with van der Waals surface area (Å²) in [5.74, 6) is -3.68. The first-order valence-electron chi connectivity index (χ1n) is 8.71. The second-order valence-electron chi connectivity index (χ2n) is 6.50. The third-order valence-electron chi connectivity index (χ3n) is 4.62. The predicted octanol–water partition coefficient (Wildman–Crippen LogP) is 3.14. The molecule has 3 rings (SSSR count). The van der Waals surface area contributed by atoms with Gasteiger partial charge in [-0.1, -0.05) is 23.7 Å². The molecule has 1 heterocycles. The van der Waals surface area contributed by atoms with Crippen LogP contribution in [-0.2, 0) is 14.4 Å². The van der Waals surface area contributed by atoms with E-state index >= 15 is 0 Å². The van der Waals surface area contributed by atoms with Gasteiger partial charge in [-0.25, -0.2) is 0 Å². The minimum absolute atomic E-state index is 0.198. The van der Waals surface area contributed by atoms with Gasteiger partial charge in [-0.15, -0.1) is 0 Å². The summed E-state index contributed by atoms with van der Waals surface area (Å²) >= 11 is 5.85. The zero-order valence-corrected chi connectivity index (χ0v) is 16.1. The molecule has 1 amide bonds. The van der Waals surface area contributed by atoms with Gasteiger partial charge >= 0.3 is 5.97 Å². The molecular weight excluding hydrogens is 416 g/mol. The van der Waals surface area contributed by atoms with Crippen molar-refractivity contribution in [1.29, 1.82) is 0 Å². The van der Waals surface area contributed by atoms with Crippen molar-refractivity contribution in [3.05, 3.63) is 80.4 Å². The largest absolute Gasteiger partial charge is 0.507 e.